The summed E-state index contributed by atoms with van der Waals surface area (Å²) in [6, 6.07) is 7.16. The molecule has 3 heteroatoms. The summed E-state index contributed by atoms with van der Waals surface area (Å²) < 4.78 is 0. The molecule has 0 aliphatic carbocycles. The van der Waals surface area contributed by atoms with Crippen molar-refractivity contribution in [2.45, 2.75) is 0 Å². The number of nitrogens with one attached hydrogen (secondary N) is 1. The molecule has 0 bridgehead atoms. The molecule has 1 aromatic carbocycles. The molecule has 0 radical (unpaired) electrons. The van der Waals surface area contributed by atoms with Gasteiger partial charge in [0.25, 0.3) is 0 Å². The van der Waals surface area contributed by atoms with E-state index in [4.69, 9.17) is 0 Å². The zero-order chi connectivity index (χ0) is 9.80. The van der Waals surface area contributed by atoms with Gasteiger partial charge < -0.3 is 10.1 Å². The number of benzene rings is 1. The zero-order valence-corrected chi connectivity index (χ0v) is 7.51. The Bertz CT molecular complexity index is 432. The van der Waals surface area contributed by atoms with E-state index >= 15 is 0 Å². The van der Waals surface area contributed by atoms with E-state index < -0.39 is 0 Å². The summed E-state index contributed by atoms with van der Waals surface area (Å²) in [5, 5.41) is 9.46. The van der Waals surface area contributed by atoms with Gasteiger partial charge in [-0.05, 0) is 18.2 Å². The van der Waals surface area contributed by atoms with Gasteiger partial charge in [0, 0.05) is 18.0 Å². The highest BCUT2D eigenvalue weighted by atomic mass is 16.3. The van der Waals surface area contributed by atoms with E-state index in [1.54, 1.807) is 24.5 Å². The molecule has 2 aromatic rings. The van der Waals surface area contributed by atoms with Crippen molar-refractivity contribution < 1.29 is 5.11 Å². The zero-order valence-electron chi connectivity index (χ0n) is 7.51. The number of aromatic hydroxyl groups is 1. The Labute approximate surface area is 81.8 Å². The van der Waals surface area contributed by atoms with Gasteiger partial charge in [0.05, 0.1) is 0 Å². The molecular weight excluding hydrogens is 176 g/mol. The number of phenols is 1. The van der Waals surface area contributed by atoms with E-state index in [-0.39, 0.29) is 5.75 Å². The van der Waals surface area contributed by atoms with Crippen molar-refractivity contribution in [1.29, 1.82) is 0 Å². The third-order valence-electron chi connectivity index (χ3n) is 1.88. The van der Waals surface area contributed by atoms with E-state index in [0.717, 1.165) is 11.4 Å². The minimum Gasteiger partial charge on any atom is -0.507 e. The van der Waals surface area contributed by atoms with Gasteiger partial charge in [0.15, 0.2) is 0 Å². The minimum absolute atomic E-state index is 0.273. The van der Waals surface area contributed by atoms with Gasteiger partial charge in [0.1, 0.15) is 11.6 Å². The molecule has 3 nitrogen and oxygen atoms in total. The van der Waals surface area contributed by atoms with Crippen molar-refractivity contribution in [1.82, 2.24) is 9.97 Å². The first-order chi connectivity index (χ1) is 6.86. The number of nitrogens with zero attached hydrogens (tertiary/aromatic N) is 1. The number of aromatic amines is 1. The predicted octanol–water partition coefficient (Wildman–Crippen LogP) is 2.29. The molecule has 2 rings (SSSR count). The second-order valence-corrected chi connectivity index (χ2v) is 2.87. The van der Waals surface area contributed by atoms with E-state index in [0.29, 0.717) is 0 Å². The van der Waals surface area contributed by atoms with Crippen LogP contribution in [0.25, 0.3) is 12.2 Å². The first-order valence-electron chi connectivity index (χ1n) is 4.32. The van der Waals surface area contributed by atoms with Crippen molar-refractivity contribution in [2.24, 2.45) is 0 Å². The number of phenolic OH excluding ortho intramolecular Hbond substituents is 1. The van der Waals surface area contributed by atoms with Gasteiger partial charge in [-0.1, -0.05) is 18.2 Å². The lowest BCUT2D eigenvalue weighted by Crippen LogP contribution is -1.75. The highest BCUT2D eigenvalue weighted by molar-refractivity contribution is 5.69. The van der Waals surface area contributed by atoms with Crippen LogP contribution in [-0.2, 0) is 0 Å². The molecule has 0 fully saturated rings. The first-order valence-corrected chi connectivity index (χ1v) is 4.32. The number of hydrogen-bond donors (Lipinski definition) is 2. The van der Waals surface area contributed by atoms with Crippen LogP contribution in [0.3, 0.4) is 0 Å². The summed E-state index contributed by atoms with van der Waals surface area (Å²) in [6.07, 6.45) is 7.07. The monoisotopic (exact) mass is 186 g/mol. The normalized spacial score (nSPS) is 10.9. The van der Waals surface area contributed by atoms with Crippen molar-refractivity contribution in [3.8, 4) is 5.75 Å². The highest BCUT2D eigenvalue weighted by Crippen LogP contribution is 2.17. The summed E-state index contributed by atoms with van der Waals surface area (Å²) >= 11 is 0. The molecule has 14 heavy (non-hydrogen) atoms. The van der Waals surface area contributed by atoms with Crippen LogP contribution in [0.2, 0.25) is 0 Å². The number of para-hydroxylation sites is 1. The fourth-order valence-electron chi connectivity index (χ4n) is 1.17. The van der Waals surface area contributed by atoms with Crippen molar-refractivity contribution in [3.05, 3.63) is 48.0 Å². The molecule has 0 amide bonds. The van der Waals surface area contributed by atoms with E-state index in [1.807, 2.05) is 24.3 Å². The lowest BCUT2D eigenvalue weighted by molar-refractivity contribution is 0.474. The van der Waals surface area contributed by atoms with Gasteiger partial charge in [-0.25, -0.2) is 4.98 Å². The molecule has 2 N–H and O–H groups in total. The fraction of sp³-hybridized carbons (Fsp3) is 0. The Morgan fingerprint density at radius 1 is 1.21 bits per heavy atom. The second kappa shape index (κ2) is 3.79. The first kappa shape index (κ1) is 8.56. The van der Waals surface area contributed by atoms with Gasteiger partial charge >= 0.3 is 0 Å². The molecule has 0 atom stereocenters. The van der Waals surface area contributed by atoms with E-state index in [2.05, 4.69) is 9.97 Å². The number of imidazole rings is 1. The summed E-state index contributed by atoms with van der Waals surface area (Å²) in [5.74, 6) is 1.04. The molecule has 0 aliphatic rings. The summed E-state index contributed by atoms with van der Waals surface area (Å²) in [7, 11) is 0. The van der Waals surface area contributed by atoms with Crippen LogP contribution in [-0.4, -0.2) is 15.1 Å². The van der Waals surface area contributed by atoms with Crippen LogP contribution >= 0.6 is 0 Å². The van der Waals surface area contributed by atoms with Gasteiger partial charge in [-0.2, -0.15) is 0 Å². The summed E-state index contributed by atoms with van der Waals surface area (Å²) in [4.78, 5) is 6.98. The Kier molecular flexibility index (Phi) is 2.32. The van der Waals surface area contributed by atoms with E-state index in [9.17, 15) is 5.11 Å². The summed E-state index contributed by atoms with van der Waals surface area (Å²) in [5.41, 5.74) is 0.781. The molecule has 1 heterocycles. The minimum atomic E-state index is 0.273. The number of rotatable bonds is 2. The quantitative estimate of drug-likeness (QED) is 0.755. The molecule has 0 spiro atoms. The van der Waals surface area contributed by atoms with Crippen LogP contribution < -0.4 is 0 Å². The largest absolute Gasteiger partial charge is 0.507 e. The average Bonchev–Trinajstić information content (AvgIpc) is 2.69. The molecule has 70 valence electrons. The standard InChI is InChI=1S/C11H10N2O/c14-10-4-2-1-3-9(10)5-6-11-12-7-8-13-11/h1-8,14H,(H,12,13). The predicted molar refractivity (Wildman–Crippen MR) is 55.6 cm³/mol. The number of aromatic nitrogens is 2. The molecule has 1 aromatic heterocycles. The smallest absolute Gasteiger partial charge is 0.129 e. The molecule has 0 saturated carbocycles. The van der Waals surface area contributed by atoms with E-state index in [1.165, 1.54) is 0 Å². The number of hydrogen-bond acceptors (Lipinski definition) is 2. The molecule has 0 unspecified atom stereocenters. The van der Waals surface area contributed by atoms with Crippen LogP contribution in [0.15, 0.2) is 36.7 Å². The van der Waals surface area contributed by atoms with Gasteiger partial charge in [-0.15, -0.1) is 0 Å². The van der Waals surface area contributed by atoms with Gasteiger partial charge in [0.2, 0.25) is 0 Å². The maximum Gasteiger partial charge on any atom is 0.129 e. The maximum absolute atomic E-state index is 9.46. The highest BCUT2D eigenvalue weighted by Gasteiger charge is 1.93. The Morgan fingerprint density at radius 3 is 2.79 bits per heavy atom. The second-order valence-electron chi connectivity index (χ2n) is 2.87. The summed E-state index contributed by atoms with van der Waals surface area (Å²) in [6.45, 7) is 0. The average molecular weight is 186 g/mol. The van der Waals surface area contributed by atoms with Gasteiger partial charge in [-0.3, -0.25) is 0 Å². The molecule has 0 aliphatic heterocycles. The van der Waals surface area contributed by atoms with Crippen molar-refractivity contribution in [3.63, 3.8) is 0 Å². The lowest BCUT2D eigenvalue weighted by Gasteiger charge is -1.95. The van der Waals surface area contributed by atoms with Crippen LogP contribution in [0.1, 0.15) is 11.4 Å². The Morgan fingerprint density at radius 2 is 2.07 bits per heavy atom. The molecular formula is C11H10N2O. The van der Waals surface area contributed by atoms with Crippen LogP contribution in [0.4, 0.5) is 0 Å². The van der Waals surface area contributed by atoms with Crippen LogP contribution in [0, 0.1) is 0 Å². The fourth-order valence-corrected chi connectivity index (χ4v) is 1.17. The topological polar surface area (TPSA) is 48.9 Å². The third-order valence-corrected chi connectivity index (χ3v) is 1.88. The lowest BCUT2D eigenvalue weighted by atomic mass is 10.2. The Hall–Kier alpha value is -2.03. The SMILES string of the molecule is Oc1ccccc1C=Cc1ncc[nH]1. The van der Waals surface area contributed by atoms with Crippen LogP contribution in [0.5, 0.6) is 5.75 Å². The molecule has 0 saturated heterocycles. The van der Waals surface area contributed by atoms with Crippen molar-refractivity contribution >= 4 is 12.2 Å². The van der Waals surface area contributed by atoms with Crippen molar-refractivity contribution in [2.75, 3.05) is 0 Å². The Balaban J connectivity index is 2.23. The number of H-pyrrole nitrogens is 1. The third kappa shape index (κ3) is 1.82. The maximum atomic E-state index is 9.46.